The molecule has 0 atom stereocenters. The first-order valence-corrected chi connectivity index (χ1v) is 4.10. The summed E-state index contributed by atoms with van der Waals surface area (Å²) in [6.07, 6.45) is 0. The van der Waals surface area contributed by atoms with Crippen molar-refractivity contribution in [2.45, 2.75) is 40.2 Å². The van der Waals surface area contributed by atoms with Crippen molar-refractivity contribution in [1.29, 1.82) is 0 Å². The Morgan fingerprint density at radius 2 is 1.92 bits per heavy atom. The van der Waals surface area contributed by atoms with Crippen LogP contribution in [0.15, 0.2) is 4.99 Å². The van der Waals surface area contributed by atoms with E-state index in [-0.39, 0.29) is 11.5 Å². The van der Waals surface area contributed by atoms with E-state index in [2.05, 4.69) is 4.99 Å². The lowest BCUT2D eigenvalue weighted by Crippen LogP contribution is -2.20. The molecule has 0 aliphatic heterocycles. The second-order valence-electron chi connectivity index (χ2n) is 3.59. The number of nitrogens with zero attached hydrogens (tertiary/aromatic N) is 1. The van der Waals surface area contributed by atoms with Crippen LogP contribution in [-0.4, -0.2) is 23.8 Å². The van der Waals surface area contributed by atoms with Crippen molar-refractivity contribution in [3.05, 3.63) is 0 Å². The van der Waals surface area contributed by atoms with Gasteiger partial charge in [-0.3, -0.25) is 4.99 Å². The van der Waals surface area contributed by atoms with Crippen molar-refractivity contribution in [3.8, 4) is 0 Å². The summed E-state index contributed by atoms with van der Waals surface area (Å²) in [6.45, 7) is 9.67. The van der Waals surface area contributed by atoms with Gasteiger partial charge in [-0.15, -0.1) is 0 Å². The number of hydrogen-bond acceptors (Lipinski definition) is 3. The fourth-order valence-corrected chi connectivity index (χ4v) is 0.784. The van der Waals surface area contributed by atoms with Gasteiger partial charge in [0, 0.05) is 0 Å². The van der Waals surface area contributed by atoms with Crippen LogP contribution in [0, 0.1) is 0 Å². The lowest BCUT2D eigenvalue weighted by atomic mass is 10.1. The van der Waals surface area contributed by atoms with Crippen LogP contribution in [0.4, 0.5) is 0 Å². The molecule has 0 fully saturated rings. The van der Waals surface area contributed by atoms with Crippen LogP contribution in [0.25, 0.3) is 0 Å². The molecule has 0 saturated heterocycles. The highest BCUT2D eigenvalue weighted by Crippen LogP contribution is 2.06. The highest BCUT2D eigenvalue weighted by atomic mass is 16.5. The van der Waals surface area contributed by atoms with Crippen LogP contribution in [0.2, 0.25) is 0 Å². The molecule has 0 bridgehead atoms. The van der Waals surface area contributed by atoms with Gasteiger partial charge in [-0.2, -0.15) is 0 Å². The molecule has 3 heteroatoms. The summed E-state index contributed by atoms with van der Waals surface area (Å²) in [7, 11) is 0. The lowest BCUT2D eigenvalue weighted by molar-refractivity contribution is -0.135. The van der Waals surface area contributed by atoms with Gasteiger partial charge in [-0.25, -0.2) is 4.79 Å². The van der Waals surface area contributed by atoms with Crippen LogP contribution < -0.4 is 0 Å². The maximum absolute atomic E-state index is 11.1. The Morgan fingerprint density at radius 1 is 1.42 bits per heavy atom. The minimum Gasteiger partial charge on any atom is -0.462 e. The third-order valence-corrected chi connectivity index (χ3v) is 1.07. The van der Waals surface area contributed by atoms with E-state index in [0.717, 1.165) is 0 Å². The topological polar surface area (TPSA) is 38.7 Å². The normalized spacial score (nSPS) is 12.9. The van der Waals surface area contributed by atoms with E-state index in [1.165, 1.54) is 0 Å². The number of aliphatic imine (C=N–C) groups is 1. The molecule has 0 aromatic rings. The fourth-order valence-electron chi connectivity index (χ4n) is 0.784. The number of carbonyl (C=O) groups is 1. The average Bonchev–Trinajstić information content (AvgIpc) is 1.84. The van der Waals surface area contributed by atoms with Crippen LogP contribution in [0.1, 0.15) is 34.6 Å². The van der Waals surface area contributed by atoms with Crippen molar-refractivity contribution in [1.82, 2.24) is 0 Å². The third kappa shape index (κ3) is 4.88. The van der Waals surface area contributed by atoms with Gasteiger partial charge < -0.3 is 4.74 Å². The first-order valence-electron chi connectivity index (χ1n) is 4.10. The Morgan fingerprint density at radius 3 is 2.25 bits per heavy atom. The van der Waals surface area contributed by atoms with E-state index in [1.807, 2.05) is 20.8 Å². The summed E-state index contributed by atoms with van der Waals surface area (Å²) >= 11 is 0. The largest absolute Gasteiger partial charge is 0.462 e. The minimum atomic E-state index is -0.326. The van der Waals surface area contributed by atoms with Gasteiger partial charge in [0.2, 0.25) is 0 Å². The van der Waals surface area contributed by atoms with E-state index >= 15 is 0 Å². The second kappa shape index (κ2) is 4.24. The summed E-state index contributed by atoms with van der Waals surface area (Å²) in [5.74, 6) is -0.326. The molecule has 0 aliphatic carbocycles. The quantitative estimate of drug-likeness (QED) is 0.469. The van der Waals surface area contributed by atoms with Crippen LogP contribution >= 0.6 is 0 Å². The van der Waals surface area contributed by atoms with Gasteiger partial charge in [0.05, 0.1) is 12.1 Å². The molecule has 0 heterocycles. The van der Waals surface area contributed by atoms with Crippen LogP contribution in [0.5, 0.6) is 0 Å². The number of ether oxygens (including phenoxy) is 1. The summed E-state index contributed by atoms with van der Waals surface area (Å²) in [6, 6.07) is 0. The number of rotatable bonds is 2. The van der Waals surface area contributed by atoms with Crippen molar-refractivity contribution in [2.75, 3.05) is 6.61 Å². The molecule has 12 heavy (non-hydrogen) atoms. The van der Waals surface area contributed by atoms with E-state index in [1.54, 1.807) is 13.8 Å². The summed E-state index contributed by atoms with van der Waals surface area (Å²) in [5.41, 5.74) is 0.223. The van der Waals surface area contributed by atoms with Crippen molar-refractivity contribution in [2.24, 2.45) is 4.99 Å². The Balaban J connectivity index is 4.28. The van der Waals surface area contributed by atoms with E-state index in [4.69, 9.17) is 4.74 Å². The van der Waals surface area contributed by atoms with Crippen molar-refractivity contribution < 1.29 is 9.53 Å². The highest BCUT2D eigenvalue weighted by molar-refractivity contribution is 6.35. The monoisotopic (exact) mass is 171 g/mol. The molecule has 0 rings (SSSR count). The number of hydrogen-bond donors (Lipinski definition) is 0. The molecule has 0 amide bonds. The molecule has 70 valence electrons. The van der Waals surface area contributed by atoms with E-state index < -0.39 is 0 Å². The van der Waals surface area contributed by atoms with Gasteiger partial charge >= 0.3 is 5.97 Å². The molecular formula is C9H17NO2. The molecule has 0 aliphatic rings. The smallest absolute Gasteiger partial charge is 0.351 e. The van der Waals surface area contributed by atoms with Crippen LogP contribution in [-0.2, 0) is 9.53 Å². The molecule has 0 saturated carbocycles. The zero-order valence-corrected chi connectivity index (χ0v) is 8.47. The van der Waals surface area contributed by atoms with Gasteiger partial charge in [0.1, 0.15) is 5.71 Å². The maximum Gasteiger partial charge on any atom is 0.351 e. The highest BCUT2D eigenvalue weighted by Gasteiger charge is 2.12. The Labute approximate surface area is 73.8 Å². The number of carbonyl (C=O) groups excluding carboxylic acids is 1. The summed E-state index contributed by atoms with van der Waals surface area (Å²) < 4.78 is 4.78. The minimum absolute atomic E-state index is 0.211. The summed E-state index contributed by atoms with van der Waals surface area (Å²) in [4.78, 5) is 15.2. The van der Waals surface area contributed by atoms with Gasteiger partial charge in [-0.1, -0.05) is 0 Å². The van der Waals surface area contributed by atoms with E-state index in [9.17, 15) is 4.79 Å². The Bertz CT molecular complexity index is 189. The molecule has 0 N–H and O–H groups in total. The third-order valence-electron chi connectivity index (χ3n) is 1.07. The van der Waals surface area contributed by atoms with E-state index in [0.29, 0.717) is 12.3 Å². The predicted molar refractivity (Wildman–Crippen MR) is 49.5 cm³/mol. The SMILES string of the molecule is CCOC(=O)C(C)=NC(C)(C)C. The van der Waals surface area contributed by atoms with Crippen molar-refractivity contribution in [3.63, 3.8) is 0 Å². The van der Waals surface area contributed by atoms with Crippen LogP contribution in [0.3, 0.4) is 0 Å². The molecule has 0 aromatic carbocycles. The lowest BCUT2D eigenvalue weighted by Gasteiger charge is -2.13. The molecule has 3 nitrogen and oxygen atoms in total. The molecule has 0 spiro atoms. The zero-order valence-electron chi connectivity index (χ0n) is 8.47. The average molecular weight is 171 g/mol. The molecule has 0 radical (unpaired) electrons. The molecule has 0 unspecified atom stereocenters. The predicted octanol–water partition coefficient (Wildman–Crippen LogP) is 1.81. The van der Waals surface area contributed by atoms with Gasteiger partial charge in [-0.05, 0) is 34.6 Å². The van der Waals surface area contributed by atoms with Gasteiger partial charge in [0.15, 0.2) is 0 Å². The summed E-state index contributed by atoms with van der Waals surface area (Å²) in [5, 5.41) is 0. The Kier molecular flexibility index (Phi) is 3.93. The fraction of sp³-hybridized carbons (Fsp3) is 0.778. The first-order chi connectivity index (χ1) is 5.37. The number of esters is 1. The second-order valence-corrected chi connectivity index (χ2v) is 3.59. The van der Waals surface area contributed by atoms with Crippen molar-refractivity contribution >= 4 is 11.7 Å². The Hall–Kier alpha value is -0.860. The maximum atomic E-state index is 11.1. The van der Waals surface area contributed by atoms with Gasteiger partial charge in [0.25, 0.3) is 0 Å². The standard InChI is InChI=1S/C9H17NO2/c1-6-12-8(11)7(2)10-9(3,4)5/h6H2,1-5H3. The zero-order chi connectivity index (χ0) is 9.78. The molecular weight excluding hydrogens is 154 g/mol. The first kappa shape index (κ1) is 11.1. The molecule has 0 aromatic heterocycles.